The Kier molecular flexibility index (Phi) is 6.92. The number of rotatable bonds is 6. The molecule has 1 aliphatic heterocycles. The molecule has 1 saturated carbocycles. The Morgan fingerprint density at radius 2 is 2.04 bits per heavy atom. The molecule has 0 spiro atoms. The highest BCUT2D eigenvalue weighted by atomic mass is 16.5. The van der Waals surface area contributed by atoms with Gasteiger partial charge in [-0.15, -0.1) is 0 Å². The van der Waals surface area contributed by atoms with Crippen LogP contribution in [0.15, 0.2) is 24.3 Å². The molecule has 144 valence electrons. The van der Waals surface area contributed by atoms with E-state index >= 15 is 0 Å². The zero-order valence-corrected chi connectivity index (χ0v) is 16.0. The third-order valence-corrected chi connectivity index (χ3v) is 5.48. The van der Waals surface area contributed by atoms with Gasteiger partial charge in [0.1, 0.15) is 12.3 Å². The first kappa shape index (κ1) is 19.2. The lowest BCUT2D eigenvalue weighted by Crippen LogP contribution is -2.36. The molecule has 0 saturated heterocycles. The van der Waals surface area contributed by atoms with Gasteiger partial charge in [0, 0.05) is 24.8 Å². The van der Waals surface area contributed by atoms with Crippen LogP contribution in [0.1, 0.15) is 63.4 Å². The van der Waals surface area contributed by atoms with E-state index in [9.17, 15) is 4.79 Å². The van der Waals surface area contributed by atoms with Crippen LogP contribution >= 0.6 is 0 Å². The normalized spacial score (nSPS) is 28.5. The monoisotopic (exact) mass is 360 g/mol. The smallest absolute Gasteiger partial charge is 0.313 e. The Morgan fingerprint density at radius 1 is 1.23 bits per heavy atom. The summed E-state index contributed by atoms with van der Waals surface area (Å²) in [6, 6.07) is 8.44. The van der Waals surface area contributed by atoms with Gasteiger partial charge in [-0.05, 0) is 50.8 Å². The molecule has 1 aromatic carbocycles. The van der Waals surface area contributed by atoms with Gasteiger partial charge in [0.25, 0.3) is 0 Å². The Morgan fingerprint density at radius 3 is 2.85 bits per heavy atom. The molecular formula is C21H32N2O3. The van der Waals surface area contributed by atoms with Gasteiger partial charge in [-0.3, -0.25) is 4.79 Å². The van der Waals surface area contributed by atoms with Crippen LogP contribution in [0, 0.1) is 0 Å². The maximum absolute atomic E-state index is 13.0. The molecule has 1 aromatic rings. The van der Waals surface area contributed by atoms with E-state index < -0.39 is 0 Å². The highest BCUT2D eigenvalue weighted by Gasteiger charge is 2.34. The van der Waals surface area contributed by atoms with Gasteiger partial charge in [0.15, 0.2) is 0 Å². The van der Waals surface area contributed by atoms with Crippen LogP contribution in [0.5, 0.6) is 0 Å². The summed E-state index contributed by atoms with van der Waals surface area (Å²) >= 11 is 0. The number of fused-ring (bicyclic) bond motifs is 1. The van der Waals surface area contributed by atoms with Crippen molar-refractivity contribution in [2.45, 2.75) is 76.2 Å². The van der Waals surface area contributed by atoms with Crippen molar-refractivity contribution in [2.75, 3.05) is 19.0 Å². The molecule has 3 rings (SSSR count). The van der Waals surface area contributed by atoms with Crippen LogP contribution in [-0.4, -0.2) is 38.0 Å². The van der Waals surface area contributed by atoms with Crippen molar-refractivity contribution in [1.29, 1.82) is 0 Å². The minimum atomic E-state index is -0.259. The first-order valence-corrected chi connectivity index (χ1v) is 10.1. The van der Waals surface area contributed by atoms with Crippen molar-refractivity contribution >= 4 is 11.7 Å². The number of anilines is 1. The molecule has 4 atom stereocenters. The number of benzene rings is 1. The molecule has 5 nitrogen and oxygen atoms in total. The van der Waals surface area contributed by atoms with Crippen molar-refractivity contribution in [2.24, 2.45) is 0 Å². The number of ether oxygens (including phenoxy) is 2. The molecular weight excluding hydrogens is 328 g/mol. The second-order valence-corrected chi connectivity index (χ2v) is 7.44. The lowest BCUT2D eigenvalue weighted by Gasteiger charge is -2.33. The lowest BCUT2D eigenvalue weighted by atomic mass is 9.90. The molecule has 2 aliphatic rings. The SMILES string of the molecule is CCCO[C@H]1CC(C(=O)OC2CCCCC(NC)C2)c2ccccc2N1. The Hall–Kier alpha value is -1.59. The van der Waals surface area contributed by atoms with Crippen molar-refractivity contribution in [1.82, 2.24) is 5.32 Å². The van der Waals surface area contributed by atoms with E-state index in [1.165, 1.54) is 6.42 Å². The van der Waals surface area contributed by atoms with Gasteiger partial charge < -0.3 is 20.1 Å². The molecule has 0 amide bonds. The van der Waals surface area contributed by atoms with Crippen molar-refractivity contribution in [3.63, 3.8) is 0 Å². The highest BCUT2D eigenvalue weighted by molar-refractivity contribution is 5.82. The topological polar surface area (TPSA) is 59.6 Å². The summed E-state index contributed by atoms with van der Waals surface area (Å²) < 4.78 is 11.9. The maximum Gasteiger partial charge on any atom is 0.313 e. The second-order valence-electron chi connectivity index (χ2n) is 7.44. The Labute approximate surface area is 156 Å². The van der Waals surface area contributed by atoms with Crippen molar-refractivity contribution in [3.05, 3.63) is 29.8 Å². The van der Waals surface area contributed by atoms with E-state index in [4.69, 9.17) is 9.47 Å². The maximum atomic E-state index is 13.0. The molecule has 1 fully saturated rings. The third-order valence-electron chi connectivity index (χ3n) is 5.48. The number of hydrogen-bond donors (Lipinski definition) is 2. The van der Waals surface area contributed by atoms with Gasteiger partial charge in [0.05, 0.1) is 5.92 Å². The van der Waals surface area contributed by atoms with Crippen molar-refractivity contribution < 1.29 is 14.3 Å². The number of para-hydroxylation sites is 1. The predicted octanol–water partition coefficient (Wildman–Crippen LogP) is 3.80. The van der Waals surface area contributed by atoms with E-state index in [0.717, 1.165) is 43.4 Å². The first-order valence-electron chi connectivity index (χ1n) is 10.1. The number of hydrogen-bond acceptors (Lipinski definition) is 5. The number of nitrogens with one attached hydrogen (secondary N) is 2. The molecule has 2 N–H and O–H groups in total. The molecule has 3 unspecified atom stereocenters. The lowest BCUT2D eigenvalue weighted by molar-refractivity contribution is -0.153. The van der Waals surface area contributed by atoms with E-state index in [2.05, 4.69) is 17.6 Å². The quantitative estimate of drug-likeness (QED) is 0.597. The number of carbonyl (C=O) groups is 1. The minimum Gasteiger partial charge on any atom is -0.462 e. The molecule has 26 heavy (non-hydrogen) atoms. The van der Waals surface area contributed by atoms with Crippen LogP contribution in [0.2, 0.25) is 0 Å². The number of carbonyl (C=O) groups excluding carboxylic acids is 1. The van der Waals surface area contributed by atoms with Gasteiger partial charge in [-0.25, -0.2) is 0 Å². The van der Waals surface area contributed by atoms with Gasteiger partial charge >= 0.3 is 5.97 Å². The van der Waals surface area contributed by atoms with E-state index in [-0.39, 0.29) is 24.2 Å². The molecule has 0 aromatic heterocycles. The third kappa shape index (κ3) is 4.77. The van der Waals surface area contributed by atoms with Crippen LogP contribution < -0.4 is 10.6 Å². The molecule has 1 heterocycles. The molecule has 1 aliphatic carbocycles. The zero-order chi connectivity index (χ0) is 18.4. The summed E-state index contributed by atoms with van der Waals surface area (Å²) in [6.07, 6.45) is 6.82. The average molecular weight is 360 g/mol. The molecule has 5 heteroatoms. The van der Waals surface area contributed by atoms with E-state index in [1.54, 1.807) is 0 Å². The predicted molar refractivity (Wildman–Crippen MR) is 103 cm³/mol. The summed E-state index contributed by atoms with van der Waals surface area (Å²) in [5.41, 5.74) is 2.00. The van der Waals surface area contributed by atoms with Crippen LogP contribution in [0.25, 0.3) is 0 Å². The van der Waals surface area contributed by atoms with Gasteiger partial charge in [-0.2, -0.15) is 0 Å². The standard InChI is InChI=1S/C21H32N2O3/c1-3-12-25-20-14-18(17-10-6-7-11-19(17)23-20)21(24)26-16-9-5-4-8-15(13-16)22-2/h6-7,10-11,15-16,18,20,22-23H,3-5,8-9,12-14H2,1-2H3/t15?,16?,18?,20-/m0/s1. The average Bonchev–Trinajstić information content (AvgIpc) is 2.90. The van der Waals surface area contributed by atoms with Gasteiger partial charge in [0.2, 0.25) is 0 Å². The van der Waals surface area contributed by atoms with Crippen LogP contribution in [-0.2, 0) is 14.3 Å². The summed E-state index contributed by atoms with van der Waals surface area (Å²) in [4.78, 5) is 13.0. The summed E-state index contributed by atoms with van der Waals surface area (Å²) in [7, 11) is 1.99. The fraction of sp³-hybridized carbons (Fsp3) is 0.667. The second kappa shape index (κ2) is 9.38. The van der Waals surface area contributed by atoms with Crippen LogP contribution in [0.4, 0.5) is 5.69 Å². The van der Waals surface area contributed by atoms with Crippen molar-refractivity contribution in [3.8, 4) is 0 Å². The molecule has 0 radical (unpaired) electrons. The van der Waals surface area contributed by atoms with E-state index in [0.29, 0.717) is 19.1 Å². The fourth-order valence-corrected chi connectivity index (χ4v) is 4.03. The summed E-state index contributed by atoms with van der Waals surface area (Å²) in [6.45, 7) is 2.78. The fourth-order valence-electron chi connectivity index (χ4n) is 4.03. The molecule has 0 bridgehead atoms. The minimum absolute atomic E-state index is 0.0134. The Bertz CT molecular complexity index is 592. The zero-order valence-electron chi connectivity index (χ0n) is 16.0. The van der Waals surface area contributed by atoms with Crippen LogP contribution in [0.3, 0.4) is 0 Å². The number of esters is 1. The first-order chi connectivity index (χ1) is 12.7. The summed E-state index contributed by atoms with van der Waals surface area (Å²) in [5.74, 6) is -0.364. The van der Waals surface area contributed by atoms with Gasteiger partial charge in [-0.1, -0.05) is 31.5 Å². The highest BCUT2D eigenvalue weighted by Crippen LogP contribution is 2.36. The summed E-state index contributed by atoms with van der Waals surface area (Å²) in [5, 5.41) is 6.76. The largest absolute Gasteiger partial charge is 0.462 e. The van der Waals surface area contributed by atoms with E-state index in [1.807, 2.05) is 31.3 Å². The Balaban J connectivity index is 1.70.